The first-order chi connectivity index (χ1) is 8.79. The van der Waals surface area contributed by atoms with Crippen LogP contribution in [0.15, 0.2) is 30.3 Å². The highest BCUT2D eigenvalue weighted by Gasteiger charge is 2.29. The Kier molecular flexibility index (Phi) is 3.25. The van der Waals surface area contributed by atoms with Gasteiger partial charge in [-0.15, -0.1) is 0 Å². The van der Waals surface area contributed by atoms with Gasteiger partial charge >= 0.3 is 0 Å². The third-order valence-corrected chi connectivity index (χ3v) is 3.80. The van der Waals surface area contributed by atoms with Gasteiger partial charge < -0.3 is 4.90 Å². The van der Waals surface area contributed by atoms with Crippen molar-refractivity contribution in [2.24, 2.45) is 0 Å². The summed E-state index contributed by atoms with van der Waals surface area (Å²) in [7, 11) is 0. The number of hydrogen-bond donors (Lipinski definition) is 0. The number of anilines is 1. The van der Waals surface area contributed by atoms with Crippen LogP contribution in [0.4, 0.5) is 5.69 Å². The van der Waals surface area contributed by atoms with E-state index in [1.807, 2.05) is 0 Å². The molecule has 0 atom stereocenters. The van der Waals surface area contributed by atoms with Gasteiger partial charge in [0.1, 0.15) is 0 Å². The van der Waals surface area contributed by atoms with Crippen LogP contribution >= 0.6 is 15.9 Å². The lowest BCUT2D eigenvalue weighted by atomic mass is 10.1. The van der Waals surface area contributed by atoms with E-state index in [1.54, 1.807) is 0 Å². The molecule has 0 bridgehead atoms. The quantitative estimate of drug-likeness (QED) is 0.796. The fourth-order valence-corrected chi connectivity index (χ4v) is 2.88. The van der Waals surface area contributed by atoms with E-state index in [1.165, 1.54) is 23.9 Å². The predicted molar refractivity (Wildman–Crippen MR) is 80.6 cm³/mol. The van der Waals surface area contributed by atoms with E-state index >= 15 is 0 Å². The third kappa shape index (κ3) is 2.24. The SMILES string of the molecule is Cc1cc(N(CCBr)C2CC2)c2ccccc2n1. The molecule has 3 rings (SSSR count). The summed E-state index contributed by atoms with van der Waals surface area (Å²) in [4.78, 5) is 7.15. The third-order valence-electron chi connectivity index (χ3n) is 3.44. The van der Waals surface area contributed by atoms with Gasteiger partial charge in [0.15, 0.2) is 0 Å². The molecule has 2 nitrogen and oxygen atoms in total. The second-order valence-corrected chi connectivity index (χ2v) is 5.71. The molecule has 0 unspecified atom stereocenters. The van der Waals surface area contributed by atoms with Crippen LogP contribution in [0, 0.1) is 6.92 Å². The Bertz CT molecular complexity index is 563. The predicted octanol–water partition coefficient (Wildman–Crippen LogP) is 3.91. The molecule has 0 aliphatic heterocycles. The van der Waals surface area contributed by atoms with Crippen molar-refractivity contribution in [3.63, 3.8) is 0 Å². The van der Waals surface area contributed by atoms with Crippen LogP contribution in [0.5, 0.6) is 0 Å². The molecular formula is C15H17BrN2. The highest BCUT2D eigenvalue weighted by Crippen LogP contribution is 2.35. The summed E-state index contributed by atoms with van der Waals surface area (Å²) in [5, 5.41) is 2.29. The summed E-state index contributed by atoms with van der Waals surface area (Å²) in [5.74, 6) is 0. The van der Waals surface area contributed by atoms with Crippen LogP contribution < -0.4 is 4.90 Å². The summed E-state index contributed by atoms with van der Waals surface area (Å²) in [5.41, 5.74) is 3.55. The van der Waals surface area contributed by atoms with Crippen LogP contribution in [-0.4, -0.2) is 22.9 Å². The van der Waals surface area contributed by atoms with Crippen molar-refractivity contribution in [2.45, 2.75) is 25.8 Å². The lowest BCUT2D eigenvalue weighted by molar-refractivity contribution is 0.837. The van der Waals surface area contributed by atoms with Gasteiger partial charge in [-0.1, -0.05) is 34.1 Å². The first-order valence-corrected chi connectivity index (χ1v) is 7.61. The molecule has 0 amide bonds. The van der Waals surface area contributed by atoms with E-state index in [9.17, 15) is 0 Å². The van der Waals surface area contributed by atoms with Crippen molar-refractivity contribution in [3.05, 3.63) is 36.0 Å². The maximum absolute atomic E-state index is 4.62. The zero-order chi connectivity index (χ0) is 12.5. The molecule has 1 aliphatic rings. The number of aryl methyl sites for hydroxylation is 1. The Morgan fingerprint density at radius 1 is 1.33 bits per heavy atom. The van der Waals surface area contributed by atoms with Crippen LogP contribution in [0.25, 0.3) is 10.9 Å². The number of aromatic nitrogens is 1. The summed E-state index contributed by atoms with van der Waals surface area (Å²) in [6.45, 7) is 3.15. The fraction of sp³-hybridized carbons (Fsp3) is 0.400. The summed E-state index contributed by atoms with van der Waals surface area (Å²) in [6.07, 6.45) is 2.64. The van der Waals surface area contributed by atoms with Gasteiger partial charge in [0.25, 0.3) is 0 Å². The molecule has 0 saturated heterocycles. The molecule has 0 N–H and O–H groups in total. The number of halogens is 1. The molecule has 94 valence electrons. The number of para-hydroxylation sites is 1. The van der Waals surface area contributed by atoms with Gasteiger partial charge in [-0.3, -0.25) is 4.98 Å². The number of pyridine rings is 1. The Hall–Kier alpha value is -1.09. The molecule has 0 radical (unpaired) electrons. The molecule has 2 aromatic rings. The maximum Gasteiger partial charge on any atom is 0.0726 e. The first-order valence-electron chi connectivity index (χ1n) is 6.48. The maximum atomic E-state index is 4.62. The van der Waals surface area contributed by atoms with Gasteiger partial charge in [0.05, 0.1) is 5.52 Å². The fourth-order valence-electron chi connectivity index (χ4n) is 2.50. The molecular weight excluding hydrogens is 288 g/mol. The van der Waals surface area contributed by atoms with Crippen LogP contribution in [0.2, 0.25) is 0 Å². The number of rotatable bonds is 4. The zero-order valence-corrected chi connectivity index (χ0v) is 12.2. The molecule has 1 aromatic carbocycles. The standard InChI is InChI=1S/C15H17BrN2/c1-11-10-15(18(9-8-16)12-6-7-12)13-4-2-3-5-14(13)17-11/h2-5,10,12H,6-9H2,1H3. The number of nitrogens with zero attached hydrogens (tertiary/aromatic N) is 2. The molecule has 3 heteroatoms. The van der Waals surface area contributed by atoms with Gasteiger partial charge in [0.2, 0.25) is 0 Å². The minimum Gasteiger partial charge on any atom is -0.367 e. The van der Waals surface area contributed by atoms with E-state index in [-0.39, 0.29) is 0 Å². The lowest BCUT2D eigenvalue weighted by Crippen LogP contribution is -2.28. The largest absolute Gasteiger partial charge is 0.367 e. The minimum absolute atomic E-state index is 0.729. The lowest BCUT2D eigenvalue weighted by Gasteiger charge is -2.25. The highest BCUT2D eigenvalue weighted by atomic mass is 79.9. The van der Waals surface area contributed by atoms with Gasteiger partial charge in [0, 0.05) is 34.7 Å². The van der Waals surface area contributed by atoms with Gasteiger partial charge in [-0.05, 0) is 31.9 Å². The number of alkyl halides is 1. The molecule has 1 saturated carbocycles. The second-order valence-electron chi connectivity index (χ2n) is 4.91. The smallest absolute Gasteiger partial charge is 0.0726 e. The minimum atomic E-state index is 0.729. The summed E-state index contributed by atoms with van der Waals surface area (Å²) < 4.78 is 0. The number of fused-ring (bicyclic) bond motifs is 1. The average molecular weight is 305 g/mol. The van der Waals surface area contributed by atoms with Crippen molar-refractivity contribution in [2.75, 3.05) is 16.8 Å². The number of hydrogen-bond acceptors (Lipinski definition) is 2. The van der Waals surface area contributed by atoms with Crippen molar-refractivity contribution in [1.82, 2.24) is 4.98 Å². The summed E-state index contributed by atoms with van der Waals surface area (Å²) in [6, 6.07) is 11.4. The Labute approximate surface area is 116 Å². The molecule has 1 heterocycles. The van der Waals surface area contributed by atoms with Gasteiger partial charge in [-0.25, -0.2) is 0 Å². The van der Waals surface area contributed by atoms with Crippen molar-refractivity contribution in [3.8, 4) is 0 Å². The molecule has 1 aromatic heterocycles. The second kappa shape index (κ2) is 4.88. The Balaban J connectivity index is 2.13. The van der Waals surface area contributed by atoms with E-state index in [0.717, 1.165) is 29.1 Å². The number of benzene rings is 1. The topological polar surface area (TPSA) is 16.1 Å². The Morgan fingerprint density at radius 3 is 2.83 bits per heavy atom. The average Bonchev–Trinajstić information content (AvgIpc) is 3.19. The van der Waals surface area contributed by atoms with Gasteiger partial charge in [-0.2, -0.15) is 0 Å². The van der Waals surface area contributed by atoms with Crippen LogP contribution in [-0.2, 0) is 0 Å². The molecule has 18 heavy (non-hydrogen) atoms. The van der Waals surface area contributed by atoms with Crippen molar-refractivity contribution >= 4 is 32.5 Å². The van der Waals surface area contributed by atoms with E-state index in [2.05, 4.69) is 63.1 Å². The normalized spacial score (nSPS) is 15.0. The van der Waals surface area contributed by atoms with Crippen molar-refractivity contribution < 1.29 is 0 Å². The molecule has 0 spiro atoms. The van der Waals surface area contributed by atoms with Crippen molar-refractivity contribution in [1.29, 1.82) is 0 Å². The van der Waals surface area contributed by atoms with E-state index in [0.29, 0.717) is 0 Å². The van der Waals surface area contributed by atoms with E-state index < -0.39 is 0 Å². The first kappa shape index (κ1) is 12.0. The summed E-state index contributed by atoms with van der Waals surface area (Å²) >= 11 is 3.57. The Morgan fingerprint density at radius 2 is 2.11 bits per heavy atom. The highest BCUT2D eigenvalue weighted by molar-refractivity contribution is 9.09. The molecule has 1 fully saturated rings. The van der Waals surface area contributed by atoms with E-state index in [4.69, 9.17) is 0 Å². The molecule has 1 aliphatic carbocycles. The van der Waals surface area contributed by atoms with Crippen LogP contribution in [0.1, 0.15) is 18.5 Å². The zero-order valence-electron chi connectivity index (χ0n) is 10.6. The van der Waals surface area contributed by atoms with Crippen LogP contribution in [0.3, 0.4) is 0 Å². The monoisotopic (exact) mass is 304 g/mol.